The molecule has 0 aromatic heterocycles. The van der Waals surface area contributed by atoms with Gasteiger partial charge in [-0.25, -0.2) is 9.18 Å². The van der Waals surface area contributed by atoms with Crippen molar-refractivity contribution in [2.45, 2.75) is 52.6 Å². The Balaban J connectivity index is 2.23. The van der Waals surface area contributed by atoms with Crippen LogP contribution in [0.25, 0.3) is 0 Å². The summed E-state index contributed by atoms with van der Waals surface area (Å²) in [6.07, 6.45) is 0.569. The van der Waals surface area contributed by atoms with Gasteiger partial charge in [0.1, 0.15) is 11.7 Å². The number of methoxy groups -OCH3 is 1. The van der Waals surface area contributed by atoms with Gasteiger partial charge in [0.05, 0.1) is 24.7 Å². The van der Waals surface area contributed by atoms with Crippen LogP contribution in [-0.2, 0) is 23.9 Å². The molecule has 1 aliphatic heterocycles. The number of dihydropyridines is 1. The van der Waals surface area contributed by atoms with Crippen LogP contribution in [0.1, 0.15) is 52.0 Å². The molecule has 0 radical (unpaired) electrons. The molecule has 8 heteroatoms. The molecule has 4 atom stereocenters. The van der Waals surface area contributed by atoms with Crippen molar-refractivity contribution in [2.75, 3.05) is 7.11 Å². The van der Waals surface area contributed by atoms with Crippen LogP contribution >= 0.6 is 11.6 Å². The Morgan fingerprint density at radius 1 is 1.34 bits per heavy atom. The monoisotopic (exact) mass is 463 g/mol. The van der Waals surface area contributed by atoms with Crippen molar-refractivity contribution >= 4 is 29.3 Å². The lowest BCUT2D eigenvalue weighted by molar-refractivity contribution is -0.151. The summed E-state index contributed by atoms with van der Waals surface area (Å²) in [4.78, 5) is 39.2. The number of hydrogen-bond donors (Lipinski definition) is 1. The van der Waals surface area contributed by atoms with Crippen molar-refractivity contribution in [1.29, 1.82) is 0 Å². The Bertz CT molecular complexity index is 1010. The van der Waals surface area contributed by atoms with Crippen molar-refractivity contribution in [3.05, 3.63) is 57.1 Å². The van der Waals surface area contributed by atoms with Crippen LogP contribution in [0.3, 0.4) is 0 Å². The summed E-state index contributed by atoms with van der Waals surface area (Å²) in [7, 11) is 1.22. The van der Waals surface area contributed by atoms with Gasteiger partial charge in [0.2, 0.25) is 0 Å². The zero-order valence-corrected chi connectivity index (χ0v) is 19.5. The van der Waals surface area contributed by atoms with Crippen molar-refractivity contribution in [3.8, 4) is 0 Å². The van der Waals surface area contributed by atoms with E-state index < -0.39 is 35.4 Å². The Kier molecular flexibility index (Phi) is 7.08. The Morgan fingerprint density at radius 3 is 2.62 bits per heavy atom. The van der Waals surface area contributed by atoms with Crippen molar-refractivity contribution in [3.63, 3.8) is 0 Å². The third kappa shape index (κ3) is 4.18. The topological polar surface area (TPSA) is 81.7 Å². The second-order valence-electron chi connectivity index (χ2n) is 8.29. The predicted molar refractivity (Wildman–Crippen MR) is 117 cm³/mol. The lowest BCUT2D eigenvalue weighted by Crippen LogP contribution is -2.43. The van der Waals surface area contributed by atoms with E-state index in [0.717, 1.165) is 0 Å². The fourth-order valence-electron chi connectivity index (χ4n) is 4.36. The summed E-state index contributed by atoms with van der Waals surface area (Å²) in [6.45, 7) is 7.08. The molecular formula is C24H27ClFNO5. The van der Waals surface area contributed by atoms with Gasteiger partial charge in [-0.2, -0.15) is 0 Å². The fraction of sp³-hybridized carbons (Fsp3) is 0.458. The molecule has 0 bridgehead atoms. The SMILES string of the molecule is CCC(C)OC(=O)C1=C(C)NC2=C(C(=O)C(C(=O)OC)C(C)C2)C1c1c(F)cccc1Cl. The number of halogens is 2. The molecule has 0 fully saturated rings. The highest BCUT2D eigenvalue weighted by Crippen LogP contribution is 2.47. The summed E-state index contributed by atoms with van der Waals surface area (Å²) >= 11 is 6.39. The van der Waals surface area contributed by atoms with Crippen LogP contribution in [0.5, 0.6) is 0 Å². The second-order valence-corrected chi connectivity index (χ2v) is 8.70. The zero-order chi connectivity index (χ0) is 23.7. The maximum Gasteiger partial charge on any atom is 0.337 e. The molecule has 1 heterocycles. The molecule has 172 valence electrons. The van der Waals surface area contributed by atoms with Crippen molar-refractivity contribution in [1.82, 2.24) is 5.32 Å². The average molecular weight is 464 g/mol. The average Bonchev–Trinajstić information content (AvgIpc) is 2.72. The summed E-state index contributed by atoms with van der Waals surface area (Å²) in [6, 6.07) is 4.18. The Morgan fingerprint density at radius 2 is 2.03 bits per heavy atom. The maximum absolute atomic E-state index is 15.1. The molecule has 4 unspecified atom stereocenters. The normalized spacial score (nSPS) is 24.0. The van der Waals surface area contributed by atoms with E-state index in [4.69, 9.17) is 21.1 Å². The number of esters is 2. The van der Waals surface area contributed by atoms with Crippen molar-refractivity contribution in [2.24, 2.45) is 11.8 Å². The van der Waals surface area contributed by atoms with Crippen LogP contribution in [0.2, 0.25) is 5.02 Å². The number of Topliss-reactive ketones (excluding diaryl/α,β-unsaturated/α-hetero) is 1. The molecule has 6 nitrogen and oxygen atoms in total. The van der Waals surface area contributed by atoms with E-state index in [2.05, 4.69) is 5.32 Å². The first-order chi connectivity index (χ1) is 15.1. The molecule has 1 aromatic rings. The quantitative estimate of drug-likeness (QED) is 0.513. The number of benzene rings is 1. The maximum atomic E-state index is 15.1. The van der Waals surface area contributed by atoms with Gasteiger partial charge >= 0.3 is 11.9 Å². The van der Waals surface area contributed by atoms with E-state index >= 15 is 4.39 Å². The van der Waals surface area contributed by atoms with E-state index in [1.807, 2.05) is 6.92 Å². The van der Waals surface area contributed by atoms with E-state index in [0.29, 0.717) is 24.2 Å². The minimum Gasteiger partial charge on any atom is -0.468 e. The van der Waals surface area contributed by atoms with E-state index in [9.17, 15) is 14.4 Å². The standard InChI is InChI=1S/C24H27ClFNO5/c1-6-12(3)32-24(30)18-13(4)27-16-10-11(2)17(23(29)31-5)22(28)20(16)21(18)19-14(25)8-7-9-15(19)26/h7-9,11-12,17,21,27H,6,10H2,1-5H3. The highest BCUT2D eigenvalue weighted by atomic mass is 35.5. The number of hydrogen-bond acceptors (Lipinski definition) is 6. The fourth-order valence-corrected chi connectivity index (χ4v) is 4.63. The summed E-state index contributed by atoms with van der Waals surface area (Å²) in [5, 5.41) is 3.21. The Labute approximate surface area is 191 Å². The number of carbonyl (C=O) groups is 3. The third-order valence-electron chi connectivity index (χ3n) is 6.13. The minimum atomic E-state index is -1.11. The van der Waals surface area contributed by atoms with Gasteiger partial charge in [-0.3, -0.25) is 9.59 Å². The van der Waals surface area contributed by atoms with Crippen LogP contribution < -0.4 is 5.32 Å². The lowest BCUT2D eigenvalue weighted by Gasteiger charge is -2.38. The third-order valence-corrected chi connectivity index (χ3v) is 6.46. The first kappa shape index (κ1) is 24.0. The number of ether oxygens (including phenoxy) is 2. The number of nitrogens with one attached hydrogen (secondary N) is 1. The molecule has 2 aliphatic rings. The van der Waals surface area contributed by atoms with Crippen LogP contribution in [0.15, 0.2) is 40.7 Å². The molecule has 1 aliphatic carbocycles. The Hall–Kier alpha value is -2.67. The molecule has 0 spiro atoms. The highest BCUT2D eigenvalue weighted by Gasteiger charge is 2.48. The van der Waals surface area contributed by atoms with Crippen LogP contribution in [0.4, 0.5) is 4.39 Å². The highest BCUT2D eigenvalue weighted by molar-refractivity contribution is 6.31. The summed E-state index contributed by atoms with van der Waals surface area (Å²) in [5.74, 6) is -4.99. The molecule has 0 saturated carbocycles. The van der Waals surface area contributed by atoms with Crippen LogP contribution in [-0.4, -0.2) is 30.9 Å². The molecule has 0 saturated heterocycles. The minimum absolute atomic E-state index is 0.00476. The van der Waals surface area contributed by atoms with Gasteiger partial charge in [-0.15, -0.1) is 0 Å². The molecule has 1 N–H and O–H groups in total. The number of allylic oxidation sites excluding steroid dienone is 3. The molecular weight excluding hydrogens is 437 g/mol. The van der Waals surface area contributed by atoms with Gasteiger partial charge in [-0.05, 0) is 44.7 Å². The van der Waals surface area contributed by atoms with Gasteiger partial charge in [0.15, 0.2) is 5.78 Å². The predicted octanol–water partition coefficient (Wildman–Crippen LogP) is 4.43. The van der Waals surface area contributed by atoms with E-state index in [-0.39, 0.29) is 33.8 Å². The smallest absolute Gasteiger partial charge is 0.337 e. The van der Waals surface area contributed by atoms with Gasteiger partial charge in [-0.1, -0.05) is 31.5 Å². The molecule has 32 heavy (non-hydrogen) atoms. The van der Waals surface area contributed by atoms with Crippen LogP contribution in [0, 0.1) is 17.7 Å². The number of carbonyl (C=O) groups excluding carboxylic acids is 3. The zero-order valence-electron chi connectivity index (χ0n) is 18.8. The summed E-state index contributed by atoms with van der Waals surface area (Å²) < 4.78 is 25.5. The number of ketones is 1. The van der Waals surface area contributed by atoms with Crippen molar-refractivity contribution < 1.29 is 28.2 Å². The first-order valence-corrected chi connectivity index (χ1v) is 11.0. The summed E-state index contributed by atoms with van der Waals surface area (Å²) in [5.41, 5.74) is 1.25. The largest absolute Gasteiger partial charge is 0.468 e. The lowest BCUT2D eigenvalue weighted by atomic mass is 9.69. The molecule has 0 amide bonds. The molecule has 1 aromatic carbocycles. The van der Waals surface area contributed by atoms with E-state index in [1.165, 1.54) is 25.3 Å². The van der Waals surface area contributed by atoms with Gasteiger partial charge < -0.3 is 14.8 Å². The second kappa shape index (κ2) is 9.45. The molecule has 3 rings (SSSR count). The number of rotatable bonds is 5. The van der Waals surface area contributed by atoms with E-state index in [1.54, 1.807) is 20.8 Å². The van der Waals surface area contributed by atoms with Gasteiger partial charge in [0.25, 0.3) is 0 Å². The van der Waals surface area contributed by atoms with Gasteiger partial charge in [0, 0.05) is 27.6 Å². The first-order valence-electron chi connectivity index (χ1n) is 10.6.